The van der Waals surface area contributed by atoms with Gasteiger partial charge in [0.05, 0.1) is 16.1 Å². The van der Waals surface area contributed by atoms with Crippen LogP contribution in [0.5, 0.6) is 0 Å². The van der Waals surface area contributed by atoms with Gasteiger partial charge in [0, 0.05) is 11.1 Å². The molecule has 0 atom stereocenters. The van der Waals surface area contributed by atoms with Gasteiger partial charge in [-0.25, -0.2) is 12.8 Å². The molecule has 2 aromatic carbocycles. The number of sulfonamides is 1. The maximum atomic E-state index is 13.8. The van der Waals surface area contributed by atoms with E-state index in [0.717, 1.165) is 24.3 Å². The topological polar surface area (TPSA) is 89.3 Å². The van der Waals surface area contributed by atoms with Crippen LogP contribution in [0, 0.1) is 12.7 Å². The molecule has 0 spiro atoms. The fourth-order valence-corrected chi connectivity index (χ4v) is 3.07. The normalized spacial score (nSPS) is 12.0. The van der Waals surface area contributed by atoms with E-state index < -0.39 is 38.4 Å². The first kappa shape index (κ1) is 18.7. The Bertz CT molecular complexity index is 923. The van der Waals surface area contributed by atoms with E-state index in [0.29, 0.717) is 12.1 Å². The largest absolute Gasteiger partial charge is 0.416 e. The second-order valence-electron chi connectivity index (χ2n) is 5.12. The van der Waals surface area contributed by atoms with Crippen molar-refractivity contribution in [3.05, 3.63) is 58.9 Å². The molecule has 0 radical (unpaired) electrons. The molecule has 0 fully saturated rings. The standard InChI is InChI=1S/C15H12F4N2O3S/c1-8-12(16)6-9(14(20)22)7-13(8)21-25(23,24)11-4-2-10(3-5-11)15(17,18)19/h2-7,21H,1H3,(H2,20,22). The summed E-state index contributed by atoms with van der Waals surface area (Å²) in [6.45, 7) is 1.27. The lowest BCUT2D eigenvalue weighted by atomic mass is 10.1. The summed E-state index contributed by atoms with van der Waals surface area (Å²) in [7, 11) is -4.29. The minimum absolute atomic E-state index is 0.0968. The molecule has 3 N–H and O–H groups in total. The van der Waals surface area contributed by atoms with Crippen LogP contribution in [0.2, 0.25) is 0 Å². The fraction of sp³-hybridized carbons (Fsp3) is 0.133. The summed E-state index contributed by atoms with van der Waals surface area (Å²) in [5, 5.41) is 0. The first-order valence-electron chi connectivity index (χ1n) is 6.72. The summed E-state index contributed by atoms with van der Waals surface area (Å²) in [5.41, 5.74) is 3.44. The van der Waals surface area contributed by atoms with Crippen LogP contribution in [-0.4, -0.2) is 14.3 Å². The van der Waals surface area contributed by atoms with Gasteiger partial charge in [-0.05, 0) is 43.3 Å². The number of rotatable bonds is 4. The summed E-state index contributed by atoms with van der Waals surface area (Å²) >= 11 is 0. The van der Waals surface area contributed by atoms with Crippen LogP contribution < -0.4 is 10.5 Å². The van der Waals surface area contributed by atoms with Crippen LogP contribution in [0.1, 0.15) is 21.5 Å². The molecule has 0 aliphatic carbocycles. The van der Waals surface area contributed by atoms with E-state index in [-0.39, 0.29) is 16.8 Å². The molecule has 0 aromatic heterocycles. The van der Waals surface area contributed by atoms with Crippen LogP contribution in [0.15, 0.2) is 41.3 Å². The number of alkyl halides is 3. The van der Waals surface area contributed by atoms with Gasteiger partial charge in [0.25, 0.3) is 10.0 Å². The Labute approximate surface area is 140 Å². The third kappa shape index (κ3) is 4.08. The molecule has 0 saturated carbocycles. The zero-order valence-electron chi connectivity index (χ0n) is 12.7. The van der Waals surface area contributed by atoms with Crippen molar-refractivity contribution >= 4 is 21.6 Å². The first-order chi connectivity index (χ1) is 11.4. The maximum Gasteiger partial charge on any atom is 0.416 e. The van der Waals surface area contributed by atoms with Crippen molar-refractivity contribution in [2.45, 2.75) is 18.0 Å². The van der Waals surface area contributed by atoms with Gasteiger partial charge in [0.1, 0.15) is 5.82 Å². The highest BCUT2D eigenvalue weighted by molar-refractivity contribution is 7.92. The summed E-state index contributed by atoms with van der Waals surface area (Å²) in [6, 6.07) is 4.67. The van der Waals surface area contributed by atoms with Gasteiger partial charge in [-0.15, -0.1) is 0 Å². The molecule has 0 heterocycles. The smallest absolute Gasteiger partial charge is 0.366 e. The van der Waals surface area contributed by atoms with E-state index in [4.69, 9.17) is 5.73 Å². The Balaban J connectivity index is 2.41. The quantitative estimate of drug-likeness (QED) is 0.804. The number of halogens is 4. The van der Waals surface area contributed by atoms with Crippen molar-refractivity contribution in [1.29, 1.82) is 0 Å². The molecule has 134 valence electrons. The Morgan fingerprint density at radius 2 is 1.68 bits per heavy atom. The summed E-state index contributed by atoms with van der Waals surface area (Å²) in [4.78, 5) is 10.7. The predicted molar refractivity (Wildman–Crippen MR) is 81.9 cm³/mol. The average Bonchev–Trinajstić information content (AvgIpc) is 2.50. The fourth-order valence-electron chi connectivity index (χ4n) is 1.95. The Morgan fingerprint density at radius 1 is 1.12 bits per heavy atom. The number of anilines is 1. The highest BCUT2D eigenvalue weighted by Gasteiger charge is 2.30. The molecule has 0 aliphatic heterocycles. The Kier molecular flexibility index (Phi) is 4.76. The van der Waals surface area contributed by atoms with Gasteiger partial charge in [-0.2, -0.15) is 13.2 Å². The molecule has 25 heavy (non-hydrogen) atoms. The third-order valence-corrected chi connectivity index (χ3v) is 4.75. The highest BCUT2D eigenvalue weighted by atomic mass is 32.2. The monoisotopic (exact) mass is 376 g/mol. The number of nitrogens with one attached hydrogen (secondary N) is 1. The number of nitrogens with two attached hydrogens (primary N) is 1. The summed E-state index contributed by atoms with van der Waals surface area (Å²) < 4.78 is 78.0. The summed E-state index contributed by atoms with van der Waals surface area (Å²) in [6.07, 6.45) is -4.61. The van der Waals surface area contributed by atoms with Gasteiger partial charge in [-0.3, -0.25) is 9.52 Å². The van der Waals surface area contributed by atoms with E-state index in [1.54, 1.807) is 0 Å². The van der Waals surface area contributed by atoms with E-state index in [1.165, 1.54) is 6.92 Å². The SMILES string of the molecule is Cc1c(F)cc(C(N)=O)cc1NS(=O)(=O)c1ccc(C(F)(F)F)cc1. The van der Waals surface area contributed by atoms with Crippen LogP contribution in [0.25, 0.3) is 0 Å². The predicted octanol–water partition coefficient (Wildman–Crippen LogP) is 3.05. The van der Waals surface area contributed by atoms with Gasteiger partial charge >= 0.3 is 6.18 Å². The zero-order valence-corrected chi connectivity index (χ0v) is 13.5. The van der Waals surface area contributed by atoms with Crippen molar-refractivity contribution in [2.24, 2.45) is 5.73 Å². The highest BCUT2D eigenvalue weighted by Crippen LogP contribution is 2.30. The molecule has 0 aliphatic rings. The van der Waals surface area contributed by atoms with E-state index in [9.17, 15) is 30.8 Å². The third-order valence-electron chi connectivity index (χ3n) is 3.37. The van der Waals surface area contributed by atoms with Crippen molar-refractivity contribution in [2.75, 3.05) is 4.72 Å². The molecule has 1 amide bonds. The number of hydrogen-bond acceptors (Lipinski definition) is 3. The number of carbonyl (C=O) groups excluding carboxylic acids is 1. The van der Waals surface area contributed by atoms with Gasteiger partial charge < -0.3 is 5.73 Å². The van der Waals surface area contributed by atoms with E-state index in [2.05, 4.69) is 0 Å². The van der Waals surface area contributed by atoms with Crippen molar-refractivity contribution in [3.8, 4) is 0 Å². The lowest BCUT2D eigenvalue weighted by molar-refractivity contribution is -0.137. The van der Waals surface area contributed by atoms with Crippen LogP contribution in [0.3, 0.4) is 0 Å². The number of amides is 1. The van der Waals surface area contributed by atoms with Crippen molar-refractivity contribution in [3.63, 3.8) is 0 Å². The number of benzene rings is 2. The second kappa shape index (κ2) is 6.36. The minimum atomic E-state index is -4.61. The second-order valence-corrected chi connectivity index (χ2v) is 6.80. The van der Waals surface area contributed by atoms with Crippen LogP contribution in [-0.2, 0) is 16.2 Å². The molecule has 0 unspecified atom stereocenters. The van der Waals surface area contributed by atoms with E-state index in [1.807, 2.05) is 4.72 Å². The maximum absolute atomic E-state index is 13.8. The molecule has 2 rings (SSSR count). The summed E-state index contributed by atoms with van der Waals surface area (Å²) in [5.74, 6) is -1.82. The Hall–Kier alpha value is -2.62. The molecule has 5 nitrogen and oxygen atoms in total. The zero-order chi connectivity index (χ0) is 19.0. The lowest BCUT2D eigenvalue weighted by Gasteiger charge is -2.13. The van der Waals surface area contributed by atoms with E-state index >= 15 is 0 Å². The molecule has 0 bridgehead atoms. The van der Waals surface area contributed by atoms with Crippen molar-refractivity contribution in [1.82, 2.24) is 0 Å². The minimum Gasteiger partial charge on any atom is -0.366 e. The molecule has 10 heteroatoms. The first-order valence-corrected chi connectivity index (χ1v) is 8.20. The number of primary amides is 1. The van der Waals surface area contributed by atoms with Gasteiger partial charge in [0.15, 0.2) is 0 Å². The van der Waals surface area contributed by atoms with Gasteiger partial charge in [-0.1, -0.05) is 0 Å². The van der Waals surface area contributed by atoms with Crippen LogP contribution >= 0.6 is 0 Å². The van der Waals surface area contributed by atoms with Crippen molar-refractivity contribution < 1.29 is 30.8 Å². The molecule has 2 aromatic rings. The average molecular weight is 376 g/mol. The number of hydrogen-bond donors (Lipinski definition) is 2. The lowest BCUT2D eigenvalue weighted by Crippen LogP contribution is -2.17. The molecular formula is C15H12F4N2O3S. The van der Waals surface area contributed by atoms with Crippen LogP contribution in [0.4, 0.5) is 23.2 Å². The number of carbonyl (C=O) groups is 1. The van der Waals surface area contributed by atoms with Gasteiger partial charge in [0.2, 0.25) is 5.91 Å². The Morgan fingerprint density at radius 3 is 2.16 bits per heavy atom. The molecule has 0 saturated heterocycles. The molecular weight excluding hydrogens is 364 g/mol.